The van der Waals surface area contributed by atoms with Crippen LogP contribution in [-0.4, -0.2) is 25.8 Å². The molecule has 1 N–H and O–H groups in total. The summed E-state index contributed by atoms with van der Waals surface area (Å²) in [6.07, 6.45) is 1.53. The lowest BCUT2D eigenvalue weighted by molar-refractivity contribution is -0.385. The second-order valence-corrected chi connectivity index (χ2v) is 9.27. The van der Waals surface area contributed by atoms with Gasteiger partial charge in [0.2, 0.25) is 0 Å². The summed E-state index contributed by atoms with van der Waals surface area (Å²) in [4.78, 5) is 23.3. The van der Waals surface area contributed by atoms with E-state index >= 15 is 0 Å². The fraction of sp³-hybridized carbons (Fsp3) is 0.174. The summed E-state index contributed by atoms with van der Waals surface area (Å²) in [5.41, 5.74) is 2.06. The standard InChI is InChI=1S/C23H21N3O5S/c27-23(24-16-19-8-2-4-13-22(19)26(28)29)18-9-5-11-20(15-18)32(30,31)25-14-6-10-17-7-1-3-12-21(17)25/h1-5,7-9,11-13,15H,6,10,14,16H2,(H,24,27). The number of sulfonamides is 1. The Morgan fingerprint density at radius 2 is 1.78 bits per heavy atom. The van der Waals surface area contributed by atoms with Crippen molar-refractivity contribution in [3.8, 4) is 0 Å². The Balaban J connectivity index is 1.56. The summed E-state index contributed by atoms with van der Waals surface area (Å²) in [6.45, 7) is 0.319. The van der Waals surface area contributed by atoms with E-state index in [1.54, 1.807) is 30.3 Å². The van der Waals surface area contributed by atoms with Crippen molar-refractivity contribution in [3.05, 3.63) is 99.6 Å². The molecule has 0 fully saturated rings. The number of nitrogens with one attached hydrogen (secondary N) is 1. The molecule has 0 atom stereocenters. The van der Waals surface area contributed by atoms with Crippen molar-refractivity contribution in [1.82, 2.24) is 5.32 Å². The van der Waals surface area contributed by atoms with Crippen LogP contribution in [0.1, 0.15) is 27.9 Å². The van der Waals surface area contributed by atoms with Crippen LogP contribution in [0.5, 0.6) is 0 Å². The molecule has 9 heteroatoms. The van der Waals surface area contributed by atoms with Gasteiger partial charge in [0.1, 0.15) is 0 Å². The number of hydrogen-bond donors (Lipinski definition) is 1. The highest BCUT2D eigenvalue weighted by molar-refractivity contribution is 7.92. The normalized spacial score (nSPS) is 13.3. The lowest BCUT2D eigenvalue weighted by atomic mass is 10.0. The van der Waals surface area contributed by atoms with Crippen LogP contribution in [0.2, 0.25) is 0 Å². The first-order valence-corrected chi connectivity index (χ1v) is 11.5. The molecule has 4 rings (SSSR count). The number of aryl methyl sites for hydroxylation is 1. The maximum atomic E-state index is 13.3. The fourth-order valence-corrected chi connectivity index (χ4v) is 5.38. The zero-order valence-corrected chi connectivity index (χ0v) is 17.9. The number of nitro benzene ring substituents is 1. The van der Waals surface area contributed by atoms with E-state index in [-0.39, 0.29) is 22.7 Å². The number of amides is 1. The summed E-state index contributed by atoms with van der Waals surface area (Å²) < 4.78 is 28.1. The number of carbonyl (C=O) groups excluding carboxylic acids is 1. The van der Waals surface area contributed by atoms with Crippen LogP contribution >= 0.6 is 0 Å². The molecule has 164 valence electrons. The van der Waals surface area contributed by atoms with Gasteiger partial charge in [0.05, 0.1) is 15.5 Å². The molecular weight excluding hydrogens is 430 g/mol. The second-order valence-electron chi connectivity index (χ2n) is 7.41. The van der Waals surface area contributed by atoms with Crippen LogP contribution in [-0.2, 0) is 23.0 Å². The highest BCUT2D eigenvalue weighted by atomic mass is 32.2. The Hall–Kier alpha value is -3.72. The largest absolute Gasteiger partial charge is 0.348 e. The average Bonchev–Trinajstić information content (AvgIpc) is 2.82. The minimum absolute atomic E-state index is 0.0209. The molecule has 1 aliphatic rings. The van der Waals surface area contributed by atoms with Crippen LogP contribution in [0.15, 0.2) is 77.7 Å². The molecule has 3 aromatic rings. The van der Waals surface area contributed by atoms with Gasteiger partial charge in [0.25, 0.3) is 21.6 Å². The molecule has 1 aliphatic heterocycles. The van der Waals surface area contributed by atoms with Gasteiger partial charge in [-0.15, -0.1) is 0 Å². The fourth-order valence-electron chi connectivity index (χ4n) is 3.79. The first-order chi connectivity index (χ1) is 15.4. The summed E-state index contributed by atoms with van der Waals surface area (Å²) in [7, 11) is -3.85. The first-order valence-electron chi connectivity index (χ1n) is 10.1. The van der Waals surface area contributed by atoms with Gasteiger partial charge in [-0.05, 0) is 42.7 Å². The maximum absolute atomic E-state index is 13.3. The molecule has 0 unspecified atom stereocenters. The van der Waals surface area contributed by atoms with Gasteiger partial charge >= 0.3 is 0 Å². The first kappa shape index (κ1) is 21.5. The number of hydrogen-bond acceptors (Lipinski definition) is 5. The molecule has 8 nitrogen and oxygen atoms in total. The van der Waals surface area contributed by atoms with Crippen LogP contribution in [0.3, 0.4) is 0 Å². The molecule has 0 bridgehead atoms. The number of nitrogens with zero attached hydrogens (tertiary/aromatic N) is 2. The molecule has 0 saturated heterocycles. The molecule has 32 heavy (non-hydrogen) atoms. The Kier molecular flexibility index (Phi) is 5.91. The Morgan fingerprint density at radius 3 is 2.59 bits per heavy atom. The van der Waals surface area contributed by atoms with Gasteiger partial charge in [-0.3, -0.25) is 19.2 Å². The van der Waals surface area contributed by atoms with E-state index in [0.29, 0.717) is 24.2 Å². The van der Waals surface area contributed by atoms with Crippen LogP contribution < -0.4 is 9.62 Å². The zero-order valence-electron chi connectivity index (χ0n) is 17.1. The summed E-state index contributed by atoms with van der Waals surface area (Å²) in [6, 6.07) is 19.4. The lowest BCUT2D eigenvalue weighted by Gasteiger charge is -2.30. The van der Waals surface area contributed by atoms with Crippen molar-refractivity contribution in [2.45, 2.75) is 24.3 Å². The van der Waals surface area contributed by atoms with E-state index < -0.39 is 20.9 Å². The third-order valence-corrected chi connectivity index (χ3v) is 7.19. The van der Waals surface area contributed by atoms with Crippen molar-refractivity contribution >= 4 is 27.3 Å². The molecule has 1 amide bonds. The van der Waals surface area contributed by atoms with E-state index in [1.807, 2.05) is 12.1 Å². The summed E-state index contributed by atoms with van der Waals surface area (Å²) in [5.74, 6) is -0.515. The number of rotatable bonds is 6. The monoisotopic (exact) mass is 451 g/mol. The number of anilines is 1. The van der Waals surface area contributed by atoms with E-state index in [2.05, 4.69) is 5.32 Å². The van der Waals surface area contributed by atoms with Gasteiger partial charge in [-0.2, -0.15) is 0 Å². The van der Waals surface area contributed by atoms with Crippen molar-refractivity contribution in [1.29, 1.82) is 0 Å². The summed E-state index contributed by atoms with van der Waals surface area (Å²) >= 11 is 0. The van der Waals surface area contributed by atoms with E-state index in [4.69, 9.17) is 0 Å². The van der Waals surface area contributed by atoms with Crippen molar-refractivity contribution in [3.63, 3.8) is 0 Å². The molecule has 0 radical (unpaired) electrons. The highest BCUT2D eigenvalue weighted by Crippen LogP contribution is 2.32. The highest BCUT2D eigenvalue weighted by Gasteiger charge is 2.29. The Bertz CT molecular complexity index is 1290. The van der Waals surface area contributed by atoms with E-state index in [9.17, 15) is 23.3 Å². The van der Waals surface area contributed by atoms with Gasteiger partial charge in [-0.25, -0.2) is 8.42 Å². The Labute approximate surface area is 185 Å². The van der Waals surface area contributed by atoms with Gasteiger partial charge in [0, 0.05) is 30.3 Å². The van der Waals surface area contributed by atoms with Crippen LogP contribution in [0.4, 0.5) is 11.4 Å². The molecule has 0 aliphatic carbocycles. The van der Waals surface area contributed by atoms with Crippen molar-refractivity contribution < 1.29 is 18.1 Å². The van der Waals surface area contributed by atoms with Gasteiger partial charge in [-0.1, -0.05) is 42.5 Å². The Morgan fingerprint density at radius 1 is 1.03 bits per heavy atom. The van der Waals surface area contributed by atoms with E-state index in [1.165, 1.54) is 34.6 Å². The predicted octanol–water partition coefficient (Wildman–Crippen LogP) is 3.67. The molecule has 3 aromatic carbocycles. The van der Waals surface area contributed by atoms with Crippen LogP contribution in [0.25, 0.3) is 0 Å². The average molecular weight is 452 g/mol. The minimum atomic E-state index is -3.85. The maximum Gasteiger partial charge on any atom is 0.274 e. The number of fused-ring (bicyclic) bond motifs is 1. The molecular formula is C23H21N3O5S. The van der Waals surface area contributed by atoms with Crippen molar-refractivity contribution in [2.75, 3.05) is 10.8 Å². The minimum Gasteiger partial charge on any atom is -0.348 e. The molecule has 0 aromatic heterocycles. The zero-order chi connectivity index (χ0) is 22.7. The van der Waals surface area contributed by atoms with Crippen molar-refractivity contribution in [2.24, 2.45) is 0 Å². The van der Waals surface area contributed by atoms with E-state index in [0.717, 1.165) is 12.0 Å². The number of carbonyl (C=O) groups is 1. The molecule has 0 saturated carbocycles. The summed E-state index contributed by atoms with van der Waals surface area (Å²) in [5, 5.41) is 13.8. The number of para-hydroxylation sites is 2. The van der Waals surface area contributed by atoms with Crippen LogP contribution in [0, 0.1) is 10.1 Å². The molecule has 0 spiro atoms. The predicted molar refractivity (Wildman–Crippen MR) is 120 cm³/mol. The number of nitro groups is 1. The molecule has 1 heterocycles. The van der Waals surface area contributed by atoms with Gasteiger partial charge < -0.3 is 5.32 Å². The third kappa shape index (κ3) is 4.19. The van der Waals surface area contributed by atoms with Gasteiger partial charge in [0.15, 0.2) is 0 Å². The second kappa shape index (κ2) is 8.80. The smallest absolute Gasteiger partial charge is 0.274 e. The SMILES string of the molecule is O=C(NCc1ccccc1[N+](=O)[O-])c1cccc(S(=O)(=O)N2CCCc3ccccc32)c1. The quantitative estimate of drug-likeness (QED) is 0.454. The topological polar surface area (TPSA) is 110 Å². The number of benzene rings is 3. The third-order valence-electron chi connectivity index (χ3n) is 5.38. The lowest BCUT2D eigenvalue weighted by Crippen LogP contribution is -2.35.